The van der Waals surface area contributed by atoms with Crippen molar-refractivity contribution in [3.8, 4) is 0 Å². The normalized spacial score (nSPS) is 11.3. The summed E-state index contributed by atoms with van der Waals surface area (Å²) in [6.07, 6.45) is 0.954. The third-order valence-electron chi connectivity index (χ3n) is 2.92. The van der Waals surface area contributed by atoms with Crippen molar-refractivity contribution in [2.24, 2.45) is 0 Å². The Morgan fingerprint density at radius 1 is 1.32 bits per heavy atom. The molecule has 0 bridgehead atoms. The average molecular weight is 262 g/mol. The molecule has 2 aromatic rings. The number of benzene rings is 1. The molecule has 0 saturated carbocycles. The van der Waals surface area contributed by atoms with Crippen molar-refractivity contribution < 1.29 is 5.11 Å². The van der Waals surface area contributed by atoms with E-state index in [0.29, 0.717) is 24.1 Å². The quantitative estimate of drug-likeness (QED) is 0.818. The van der Waals surface area contributed by atoms with Crippen LogP contribution in [0.3, 0.4) is 0 Å². The highest BCUT2D eigenvalue weighted by Gasteiger charge is 2.09. The van der Waals surface area contributed by atoms with Crippen LogP contribution in [-0.4, -0.2) is 44.7 Å². The van der Waals surface area contributed by atoms with E-state index < -0.39 is 0 Å². The highest BCUT2D eigenvalue weighted by molar-refractivity contribution is 5.76. The summed E-state index contributed by atoms with van der Waals surface area (Å²) in [5.74, 6) is 0. The van der Waals surface area contributed by atoms with Gasteiger partial charge >= 0.3 is 0 Å². The van der Waals surface area contributed by atoms with Crippen molar-refractivity contribution in [1.29, 1.82) is 0 Å². The van der Waals surface area contributed by atoms with Gasteiger partial charge in [0.2, 0.25) is 0 Å². The van der Waals surface area contributed by atoms with Gasteiger partial charge in [0.15, 0.2) is 0 Å². The number of aromatic nitrogens is 3. The van der Waals surface area contributed by atoms with Crippen LogP contribution in [-0.2, 0) is 6.67 Å². The Kier molecular flexibility index (Phi) is 4.59. The molecule has 1 aromatic heterocycles. The number of hydrogen-bond donors (Lipinski definition) is 1. The Bertz CT molecular complexity index is 590. The minimum atomic E-state index is -0.148. The molecule has 0 saturated heterocycles. The molecule has 0 aliphatic carbocycles. The van der Waals surface area contributed by atoms with Gasteiger partial charge in [-0.05, 0) is 25.1 Å². The predicted molar refractivity (Wildman–Crippen MR) is 72.7 cm³/mol. The summed E-state index contributed by atoms with van der Waals surface area (Å²) in [5.41, 5.74) is 0.456. The van der Waals surface area contributed by atoms with E-state index in [4.69, 9.17) is 5.11 Å². The molecule has 0 aliphatic heterocycles. The lowest BCUT2D eigenvalue weighted by atomic mass is 10.2. The Morgan fingerprint density at radius 2 is 2.11 bits per heavy atom. The lowest BCUT2D eigenvalue weighted by molar-refractivity contribution is 0.154. The molecular formula is C13H18N4O2. The van der Waals surface area contributed by atoms with Crippen molar-refractivity contribution >= 4 is 10.9 Å². The van der Waals surface area contributed by atoms with Crippen molar-refractivity contribution in [3.63, 3.8) is 0 Å². The van der Waals surface area contributed by atoms with E-state index in [1.54, 1.807) is 12.1 Å². The van der Waals surface area contributed by atoms with Gasteiger partial charge in [0.25, 0.3) is 5.56 Å². The highest BCUT2D eigenvalue weighted by atomic mass is 16.3. The van der Waals surface area contributed by atoms with Crippen molar-refractivity contribution in [1.82, 2.24) is 19.9 Å². The first-order valence-corrected chi connectivity index (χ1v) is 6.42. The smallest absolute Gasteiger partial charge is 0.278 e. The third-order valence-corrected chi connectivity index (χ3v) is 2.92. The maximum Gasteiger partial charge on any atom is 0.278 e. The van der Waals surface area contributed by atoms with Crippen LogP contribution in [0, 0.1) is 0 Å². The van der Waals surface area contributed by atoms with Gasteiger partial charge in [-0.3, -0.25) is 9.69 Å². The average Bonchev–Trinajstić information content (AvgIpc) is 2.43. The topological polar surface area (TPSA) is 71.2 Å². The van der Waals surface area contributed by atoms with Gasteiger partial charge in [-0.25, -0.2) is 0 Å². The summed E-state index contributed by atoms with van der Waals surface area (Å²) >= 11 is 0. The Balaban J connectivity index is 2.29. The van der Waals surface area contributed by atoms with Gasteiger partial charge in [-0.1, -0.05) is 24.3 Å². The number of rotatable bonds is 6. The zero-order valence-electron chi connectivity index (χ0n) is 11.0. The molecule has 0 fully saturated rings. The van der Waals surface area contributed by atoms with Gasteiger partial charge in [-0.2, -0.15) is 4.68 Å². The molecule has 1 heterocycles. The molecule has 6 heteroatoms. The highest BCUT2D eigenvalue weighted by Crippen LogP contribution is 2.03. The molecule has 0 unspecified atom stereocenters. The minimum Gasteiger partial charge on any atom is -0.395 e. The Hall–Kier alpha value is -1.79. The fraction of sp³-hybridized carbons (Fsp3) is 0.462. The summed E-state index contributed by atoms with van der Waals surface area (Å²) in [4.78, 5) is 14.2. The second kappa shape index (κ2) is 6.40. The largest absolute Gasteiger partial charge is 0.395 e. The van der Waals surface area contributed by atoms with Crippen LogP contribution in [0.2, 0.25) is 0 Å². The van der Waals surface area contributed by atoms with Gasteiger partial charge < -0.3 is 5.11 Å². The van der Waals surface area contributed by atoms with E-state index in [2.05, 4.69) is 17.2 Å². The number of hydrogen-bond acceptors (Lipinski definition) is 5. The van der Waals surface area contributed by atoms with Crippen molar-refractivity contribution in [2.45, 2.75) is 20.0 Å². The second-order valence-electron chi connectivity index (χ2n) is 4.39. The van der Waals surface area contributed by atoms with Crippen LogP contribution in [0.25, 0.3) is 10.9 Å². The molecule has 19 heavy (non-hydrogen) atoms. The molecule has 6 nitrogen and oxygen atoms in total. The molecular weight excluding hydrogens is 244 g/mol. The van der Waals surface area contributed by atoms with Gasteiger partial charge in [0.05, 0.1) is 18.7 Å². The van der Waals surface area contributed by atoms with Crippen LogP contribution in [0.15, 0.2) is 29.1 Å². The number of fused-ring (bicyclic) bond motifs is 1. The second-order valence-corrected chi connectivity index (χ2v) is 4.39. The molecule has 2 rings (SSSR count). The zero-order chi connectivity index (χ0) is 13.7. The monoisotopic (exact) mass is 262 g/mol. The van der Waals surface area contributed by atoms with E-state index in [9.17, 15) is 4.79 Å². The summed E-state index contributed by atoms with van der Waals surface area (Å²) in [7, 11) is 0. The van der Waals surface area contributed by atoms with Crippen molar-refractivity contribution in [3.05, 3.63) is 34.6 Å². The van der Waals surface area contributed by atoms with E-state index in [1.165, 1.54) is 4.68 Å². The van der Waals surface area contributed by atoms with Gasteiger partial charge in [-0.15, -0.1) is 5.10 Å². The van der Waals surface area contributed by atoms with Crippen LogP contribution in [0.1, 0.15) is 13.3 Å². The maximum atomic E-state index is 12.2. The van der Waals surface area contributed by atoms with E-state index >= 15 is 0 Å². The summed E-state index contributed by atoms with van der Waals surface area (Å²) in [6, 6.07) is 7.16. The SMILES string of the molecule is CCCN(CCO)Cn1nnc2ccccc2c1=O. The van der Waals surface area contributed by atoms with Crippen LogP contribution in [0.4, 0.5) is 0 Å². The summed E-state index contributed by atoms with van der Waals surface area (Å²) in [5, 5.41) is 17.6. The lowest BCUT2D eigenvalue weighted by Gasteiger charge is -2.20. The van der Waals surface area contributed by atoms with Crippen molar-refractivity contribution in [2.75, 3.05) is 19.7 Å². The summed E-state index contributed by atoms with van der Waals surface area (Å²) < 4.78 is 1.34. The molecule has 0 radical (unpaired) electrons. The van der Waals surface area contributed by atoms with E-state index in [-0.39, 0.29) is 12.2 Å². The van der Waals surface area contributed by atoms with E-state index in [0.717, 1.165) is 13.0 Å². The molecule has 1 N–H and O–H groups in total. The molecule has 0 atom stereocenters. The number of aliphatic hydroxyl groups excluding tert-OH is 1. The number of nitrogens with zero attached hydrogens (tertiary/aromatic N) is 4. The fourth-order valence-corrected chi connectivity index (χ4v) is 2.02. The molecule has 1 aromatic carbocycles. The molecule has 0 aliphatic rings. The molecule has 0 spiro atoms. The first-order chi connectivity index (χ1) is 9.26. The Labute approximate surface area is 111 Å². The predicted octanol–water partition coefficient (Wildman–Crippen LogP) is 0.453. The molecule has 0 amide bonds. The minimum absolute atomic E-state index is 0.0652. The lowest BCUT2D eigenvalue weighted by Crippen LogP contribution is -2.36. The zero-order valence-corrected chi connectivity index (χ0v) is 11.0. The van der Waals surface area contributed by atoms with Crippen LogP contribution in [0.5, 0.6) is 0 Å². The van der Waals surface area contributed by atoms with E-state index in [1.807, 2.05) is 17.0 Å². The Morgan fingerprint density at radius 3 is 2.84 bits per heavy atom. The first kappa shape index (κ1) is 13.6. The standard InChI is InChI=1S/C13H18N4O2/c1-2-7-16(8-9-18)10-17-13(19)11-5-3-4-6-12(11)14-15-17/h3-6,18H,2,7-10H2,1H3. The summed E-state index contributed by atoms with van der Waals surface area (Å²) in [6.45, 7) is 3.80. The van der Waals surface area contributed by atoms with Crippen LogP contribution < -0.4 is 5.56 Å². The van der Waals surface area contributed by atoms with Gasteiger partial charge in [0, 0.05) is 6.54 Å². The third kappa shape index (κ3) is 3.15. The fourth-order valence-electron chi connectivity index (χ4n) is 2.02. The maximum absolute atomic E-state index is 12.2. The van der Waals surface area contributed by atoms with Crippen LogP contribution >= 0.6 is 0 Å². The number of aliphatic hydroxyl groups is 1. The molecule has 102 valence electrons. The first-order valence-electron chi connectivity index (χ1n) is 6.42. The van der Waals surface area contributed by atoms with Gasteiger partial charge in [0.1, 0.15) is 5.52 Å².